The van der Waals surface area contributed by atoms with Gasteiger partial charge in [-0.2, -0.15) is 0 Å². The topological polar surface area (TPSA) is 32.7 Å². The summed E-state index contributed by atoms with van der Waals surface area (Å²) in [5.74, 6) is 0. The molecule has 0 aliphatic rings. The number of benzene rings is 1. The monoisotopic (exact) mass is 141 g/mol. The first-order chi connectivity index (χ1) is 6.05. The Morgan fingerprint density at radius 1 is 1.50 bits per heavy atom. The van der Waals surface area contributed by atoms with E-state index in [0.29, 0.717) is 5.01 Å². The van der Waals surface area contributed by atoms with E-state index in [4.69, 9.17) is 4.11 Å². The van der Waals surface area contributed by atoms with Gasteiger partial charge < -0.3 is 0 Å². The fourth-order valence-corrected chi connectivity index (χ4v) is 0.616. The van der Waals surface area contributed by atoms with Crippen molar-refractivity contribution in [2.75, 3.05) is 12.0 Å². The molecule has 0 saturated heterocycles. The number of nitroso groups, excluding NO2 is 1. The molecule has 0 aliphatic heterocycles. The maximum Gasteiger partial charge on any atom is 0.0622 e. The van der Waals surface area contributed by atoms with Crippen molar-refractivity contribution < 1.29 is 4.11 Å². The van der Waals surface area contributed by atoms with E-state index >= 15 is 0 Å². The van der Waals surface area contributed by atoms with E-state index in [-0.39, 0.29) is 5.69 Å². The van der Waals surface area contributed by atoms with Crippen molar-refractivity contribution in [3.05, 3.63) is 35.2 Å². The van der Waals surface area contributed by atoms with Gasteiger partial charge in [0.15, 0.2) is 0 Å². The summed E-state index contributed by atoms with van der Waals surface area (Å²) in [7, 11) is 0. The second kappa shape index (κ2) is 2.96. The quantitative estimate of drug-likeness (QED) is 0.272. The molecule has 3 heteroatoms. The van der Waals surface area contributed by atoms with Crippen LogP contribution in [-0.4, -0.2) is 6.98 Å². The summed E-state index contributed by atoms with van der Waals surface area (Å²) in [6.45, 7) is -2.52. The zero-order valence-electron chi connectivity index (χ0n) is 8.19. The Labute approximate surface area is 63.4 Å². The predicted molar refractivity (Wildman–Crippen MR) is 40.6 cm³/mol. The summed E-state index contributed by atoms with van der Waals surface area (Å²) in [6.07, 6.45) is 0. The maximum atomic E-state index is 10.3. The molecule has 0 bridgehead atoms. The number of nitrogens with zero attached hydrogens (tertiary/aromatic N) is 2. The van der Waals surface area contributed by atoms with E-state index in [1.165, 1.54) is 12.1 Å². The summed E-state index contributed by atoms with van der Waals surface area (Å²) in [4.78, 5) is 10.3. The molecule has 0 N–H and O–H groups in total. The van der Waals surface area contributed by atoms with Crippen molar-refractivity contribution in [1.29, 1.82) is 0 Å². The smallest absolute Gasteiger partial charge is 0.0622 e. The van der Waals surface area contributed by atoms with E-state index in [1.54, 1.807) is 18.2 Å². The highest BCUT2D eigenvalue weighted by Gasteiger charge is 1.94. The van der Waals surface area contributed by atoms with Gasteiger partial charge >= 0.3 is 0 Å². The van der Waals surface area contributed by atoms with Crippen LogP contribution in [0.2, 0.25) is 0 Å². The van der Waals surface area contributed by atoms with Gasteiger partial charge in [0, 0.05) is 11.1 Å². The summed E-state index contributed by atoms with van der Waals surface area (Å²) >= 11 is 0. The van der Waals surface area contributed by atoms with Crippen molar-refractivity contribution in [3.63, 3.8) is 0 Å². The van der Waals surface area contributed by atoms with Crippen molar-refractivity contribution >= 4 is 5.69 Å². The van der Waals surface area contributed by atoms with Gasteiger partial charge in [-0.25, -0.2) is 5.01 Å². The standard InChI is InChI=1S/C7H8N2O/c1-9(8-10)7-5-3-2-4-6-7/h2-6H,1H3/i1+1D3,9+1. The van der Waals surface area contributed by atoms with Crippen LogP contribution in [0.4, 0.5) is 5.69 Å². The molecule has 1 aromatic rings. The summed E-state index contributed by atoms with van der Waals surface area (Å²) in [5.41, 5.74) is 0.262. The van der Waals surface area contributed by atoms with Gasteiger partial charge in [0.1, 0.15) is 0 Å². The molecule has 0 radical (unpaired) electrons. The van der Waals surface area contributed by atoms with Crippen LogP contribution in [0.5, 0.6) is 0 Å². The SMILES string of the molecule is [2H][13C]([2H])([2H])[15N](N=O)c1ccccc1. The number of anilines is 1. The molecule has 0 aliphatic carbocycles. The predicted octanol–water partition coefficient (Wildman–Crippen LogP) is 1.80. The number of hydrogen-bond donors (Lipinski definition) is 0. The Balaban J connectivity index is 2.99. The van der Waals surface area contributed by atoms with Gasteiger partial charge in [0.25, 0.3) is 0 Å². The minimum atomic E-state index is -2.52. The van der Waals surface area contributed by atoms with E-state index in [1.807, 2.05) is 0 Å². The largest absolute Gasteiger partial charge is 0.232 e. The first-order valence-corrected chi connectivity index (χ1v) is 2.74. The lowest BCUT2D eigenvalue weighted by atomic mass is 10.3. The molecule has 0 spiro atoms. The Morgan fingerprint density at radius 2 is 2.20 bits per heavy atom. The Morgan fingerprint density at radius 3 is 2.70 bits per heavy atom. The lowest BCUT2D eigenvalue weighted by molar-refractivity contribution is 1.00. The molecule has 0 heterocycles. The van der Waals surface area contributed by atoms with Crippen LogP contribution in [0.3, 0.4) is 0 Å². The van der Waals surface area contributed by atoms with Gasteiger partial charge in [0.2, 0.25) is 0 Å². The molecule has 0 unspecified atom stereocenters. The highest BCUT2D eigenvalue weighted by molar-refractivity contribution is 5.43. The maximum absolute atomic E-state index is 10.3. The van der Waals surface area contributed by atoms with Crippen LogP contribution in [0.1, 0.15) is 4.11 Å². The van der Waals surface area contributed by atoms with Crippen molar-refractivity contribution in [2.24, 2.45) is 5.29 Å². The number of rotatable bonds is 2. The van der Waals surface area contributed by atoms with Crippen LogP contribution < -0.4 is 5.01 Å². The van der Waals surface area contributed by atoms with Crippen molar-refractivity contribution in [2.45, 2.75) is 0 Å². The average Bonchev–Trinajstić information content (AvgIpc) is 2.05. The molecule has 1 rings (SSSR count). The van der Waals surface area contributed by atoms with Crippen molar-refractivity contribution in [3.8, 4) is 0 Å². The third kappa shape index (κ3) is 1.31. The third-order valence-corrected chi connectivity index (χ3v) is 1.08. The minimum Gasteiger partial charge on any atom is -0.232 e. The van der Waals surface area contributed by atoms with E-state index in [2.05, 4.69) is 5.29 Å². The Hall–Kier alpha value is -1.38. The number of hydrogen-bond acceptors (Lipinski definition) is 2. The summed E-state index contributed by atoms with van der Waals surface area (Å²) < 4.78 is 21.0. The number of para-hydroxylation sites is 1. The molecular weight excluding hydrogens is 130 g/mol. The van der Waals surface area contributed by atoms with Crippen LogP contribution in [0.15, 0.2) is 35.6 Å². The fraction of sp³-hybridized carbons (Fsp3) is 0.143. The van der Waals surface area contributed by atoms with Crippen LogP contribution in [-0.2, 0) is 0 Å². The van der Waals surface area contributed by atoms with Gasteiger partial charge in [-0.3, -0.25) is 0 Å². The normalized spacial score (nSPS) is 14.6. The third-order valence-electron chi connectivity index (χ3n) is 1.08. The van der Waals surface area contributed by atoms with Gasteiger partial charge in [-0.05, 0) is 12.1 Å². The summed E-state index contributed by atoms with van der Waals surface area (Å²) in [6, 6.07) is 8.02. The lowest BCUT2D eigenvalue weighted by Gasteiger charge is -2.06. The Kier molecular flexibility index (Phi) is 1.10. The average molecular weight is 141 g/mol. The van der Waals surface area contributed by atoms with Gasteiger partial charge in [-0.15, -0.1) is 4.91 Å². The zero-order chi connectivity index (χ0) is 9.90. The molecule has 0 aromatic heterocycles. The first-order valence-electron chi connectivity index (χ1n) is 4.24. The van der Waals surface area contributed by atoms with E-state index < -0.39 is 6.98 Å². The first kappa shape index (κ1) is 3.71. The van der Waals surface area contributed by atoms with Gasteiger partial charge in [0.05, 0.1) is 11.0 Å². The highest BCUT2D eigenvalue weighted by atomic mass is 16.4. The molecular formula is C7H8N2O. The molecule has 0 fully saturated rings. The van der Waals surface area contributed by atoms with Crippen LogP contribution >= 0.6 is 0 Å². The zero-order valence-corrected chi connectivity index (χ0v) is 5.19. The molecule has 10 heavy (non-hydrogen) atoms. The minimum absolute atomic E-state index is 0.262. The molecule has 1 aromatic carbocycles. The van der Waals surface area contributed by atoms with Crippen LogP contribution in [0, 0.1) is 4.91 Å². The molecule has 0 saturated carbocycles. The van der Waals surface area contributed by atoms with Crippen molar-refractivity contribution in [1.82, 2.24) is 0 Å². The molecule has 0 amide bonds. The lowest BCUT2D eigenvalue weighted by Crippen LogP contribution is -2.05. The van der Waals surface area contributed by atoms with E-state index in [9.17, 15) is 4.91 Å². The molecule has 0 atom stereocenters. The summed E-state index contributed by atoms with van der Waals surface area (Å²) in [5, 5.41) is 2.92. The van der Waals surface area contributed by atoms with Crippen LogP contribution in [0.25, 0.3) is 0 Å². The second-order valence-electron chi connectivity index (χ2n) is 1.73. The van der Waals surface area contributed by atoms with Gasteiger partial charge in [-0.1, -0.05) is 18.2 Å². The molecule has 3 nitrogen and oxygen atoms in total. The second-order valence-corrected chi connectivity index (χ2v) is 1.73. The Bertz CT molecular complexity index is 286. The fourth-order valence-electron chi connectivity index (χ4n) is 0.616. The highest BCUT2D eigenvalue weighted by Crippen LogP contribution is 2.09. The molecule has 52 valence electrons. The van der Waals surface area contributed by atoms with E-state index in [0.717, 1.165) is 0 Å².